The molecule has 0 atom stereocenters. The van der Waals surface area contributed by atoms with E-state index in [1.165, 1.54) is 0 Å². The van der Waals surface area contributed by atoms with Gasteiger partial charge in [0.2, 0.25) is 5.91 Å². The quantitative estimate of drug-likeness (QED) is 0.423. The minimum atomic E-state index is -0.269. The Kier molecular flexibility index (Phi) is 8.56. The van der Waals surface area contributed by atoms with Gasteiger partial charge in [-0.3, -0.25) is 9.59 Å². The number of aromatic nitrogens is 2. The van der Waals surface area contributed by atoms with Gasteiger partial charge in [-0.15, -0.1) is 0 Å². The second kappa shape index (κ2) is 11.4. The van der Waals surface area contributed by atoms with Crippen molar-refractivity contribution in [3.63, 3.8) is 0 Å². The summed E-state index contributed by atoms with van der Waals surface area (Å²) in [4.78, 5) is 28.1. The average molecular weight is 491 g/mol. The number of carbonyl (C=O) groups excluding carboxylic acids is 2. The first-order chi connectivity index (χ1) is 17.0. The lowest BCUT2D eigenvalue weighted by Crippen LogP contribution is -2.39. The van der Waals surface area contributed by atoms with Crippen LogP contribution in [0.25, 0.3) is 5.69 Å². The highest BCUT2D eigenvalue weighted by molar-refractivity contribution is 5.99. The fourth-order valence-corrected chi connectivity index (χ4v) is 3.73. The maximum absolute atomic E-state index is 13.3. The highest BCUT2D eigenvalue weighted by atomic mass is 16.5. The lowest BCUT2D eigenvalue weighted by atomic mass is 9.92. The van der Waals surface area contributed by atoms with Gasteiger partial charge in [0, 0.05) is 23.6 Å². The smallest absolute Gasteiger partial charge is 0.254 e. The van der Waals surface area contributed by atoms with Crippen LogP contribution in [0.1, 0.15) is 62.7 Å². The van der Waals surface area contributed by atoms with Gasteiger partial charge < -0.3 is 15.0 Å². The molecule has 7 nitrogen and oxygen atoms in total. The molecule has 0 fully saturated rings. The van der Waals surface area contributed by atoms with Crippen molar-refractivity contribution in [1.29, 1.82) is 0 Å². The van der Waals surface area contributed by atoms with Gasteiger partial charge in [0.05, 0.1) is 18.5 Å². The van der Waals surface area contributed by atoms with Gasteiger partial charge in [-0.2, -0.15) is 5.10 Å². The summed E-state index contributed by atoms with van der Waals surface area (Å²) >= 11 is 0. The van der Waals surface area contributed by atoms with Crippen molar-refractivity contribution < 1.29 is 14.3 Å². The largest absolute Gasteiger partial charge is 0.497 e. The van der Waals surface area contributed by atoms with E-state index in [0.29, 0.717) is 29.6 Å². The molecule has 1 aromatic heterocycles. The van der Waals surface area contributed by atoms with Crippen LogP contribution in [0.4, 0.5) is 5.82 Å². The molecule has 1 heterocycles. The SMILES string of the molecule is COc1ccc(C(=O)N(CCC(C)C)CC(=O)Nc2cc(C(C)(C)C)nn2-c2cccc(C)c2)cc1. The Bertz CT molecular complexity index is 1190. The average Bonchev–Trinajstić information content (AvgIpc) is 3.25. The zero-order valence-corrected chi connectivity index (χ0v) is 22.5. The fourth-order valence-electron chi connectivity index (χ4n) is 3.73. The van der Waals surface area contributed by atoms with Crippen molar-refractivity contribution in [3.05, 3.63) is 71.4 Å². The minimum Gasteiger partial charge on any atom is -0.497 e. The number of benzene rings is 2. The zero-order chi connectivity index (χ0) is 26.5. The summed E-state index contributed by atoms with van der Waals surface area (Å²) in [5, 5.41) is 7.80. The number of anilines is 1. The second-order valence-corrected chi connectivity index (χ2v) is 10.6. The number of methoxy groups -OCH3 is 1. The molecule has 2 aromatic carbocycles. The van der Waals surface area contributed by atoms with Crippen molar-refractivity contribution in [2.45, 2.75) is 53.4 Å². The van der Waals surface area contributed by atoms with Crippen LogP contribution in [0.5, 0.6) is 5.75 Å². The van der Waals surface area contributed by atoms with Crippen LogP contribution in [0.15, 0.2) is 54.6 Å². The Balaban J connectivity index is 1.86. The van der Waals surface area contributed by atoms with Gasteiger partial charge in [-0.1, -0.05) is 46.8 Å². The topological polar surface area (TPSA) is 76.5 Å². The first-order valence-corrected chi connectivity index (χ1v) is 12.4. The van der Waals surface area contributed by atoms with Crippen molar-refractivity contribution in [2.75, 3.05) is 25.5 Å². The molecule has 192 valence electrons. The van der Waals surface area contributed by atoms with Crippen molar-refractivity contribution in [2.24, 2.45) is 5.92 Å². The Morgan fingerprint density at radius 2 is 1.78 bits per heavy atom. The molecule has 7 heteroatoms. The summed E-state index contributed by atoms with van der Waals surface area (Å²) in [5.74, 6) is 1.20. The summed E-state index contributed by atoms with van der Waals surface area (Å²) < 4.78 is 6.96. The summed E-state index contributed by atoms with van der Waals surface area (Å²) in [6.07, 6.45) is 0.796. The van der Waals surface area contributed by atoms with E-state index in [9.17, 15) is 9.59 Å². The Morgan fingerprint density at radius 3 is 2.36 bits per heavy atom. The molecule has 1 N–H and O–H groups in total. The normalized spacial score (nSPS) is 11.4. The molecule has 0 unspecified atom stereocenters. The van der Waals surface area contributed by atoms with Crippen molar-refractivity contribution >= 4 is 17.6 Å². The number of hydrogen-bond donors (Lipinski definition) is 1. The number of carbonyl (C=O) groups is 2. The lowest BCUT2D eigenvalue weighted by Gasteiger charge is -2.23. The summed E-state index contributed by atoms with van der Waals surface area (Å²) in [6, 6.07) is 16.8. The molecular formula is C29H38N4O3. The van der Waals surface area contributed by atoms with Crippen LogP contribution in [-0.4, -0.2) is 46.7 Å². The highest BCUT2D eigenvalue weighted by Crippen LogP contribution is 2.26. The number of amides is 2. The fraction of sp³-hybridized carbons (Fsp3) is 0.414. The number of aryl methyl sites for hydroxylation is 1. The lowest BCUT2D eigenvalue weighted by molar-refractivity contribution is -0.117. The first kappa shape index (κ1) is 27.0. The van der Waals surface area contributed by atoms with E-state index in [2.05, 4.69) is 39.9 Å². The Hall–Kier alpha value is -3.61. The number of rotatable bonds is 9. The third-order valence-corrected chi connectivity index (χ3v) is 5.93. The van der Waals surface area contributed by atoms with Crippen LogP contribution < -0.4 is 10.1 Å². The van der Waals surface area contributed by atoms with Gasteiger partial charge in [-0.05, 0) is 61.2 Å². The summed E-state index contributed by atoms with van der Waals surface area (Å²) in [6.45, 7) is 12.9. The molecule has 0 aliphatic heterocycles. The molecule has 0 spiro atoms. The molecule has 0 saturated heterocycles. The number of ether oxygens (including phenoxy) is 1. The van der Waals surface area contributed by atoms with E-state index >= 15 is 0 Å². The van der Waals surface area contributed by atoms with Crippen LogP contribution in [0.3, 0.4) is 0 Å². The molecule has 2 amide bonds. The minimum absolute atomic E-state index is 0.0541. The third-order valence-electron chi connectivity index (χ3n) is 5.93. The molecule has 0 aliphatic rings. The maximum atomic E-state index is 13.3. The predicted octanol–water partition coefficient (Wildman–Crippen LogP) is 5.61. The Morgan fingerprint density at radius 1 is 1.08 bits per heavy atom. The molecule has 3 aromatic rings. The number of hydrogen-bond acceptors (Lipinski definition) is 4. The van der Waals surface area contributed by atoms with Crippen molar-refractivity contribution in [3.8, 4) is 11.4 Å². The van der Waals surface area contributed by atoms with Gasteiger partial charge >= 0.3 is 0 Å². The van der Waals surface area contributed by atoms with E-state index in [1.54, 1.807) is 41.0 Å². The van der Waals surface area contributed by atoms with Crippen molar-refractivity contribution in [1.82, 2.24) is 14.7 Å². The van der Waals surface area contributed by atoms with Crippen LogP contribution in [0, 0.1) is 12.8 Å². The number of nitrogens with one attached hydrogen (secondary N) is 1. The Labute approximate surface area is 214 Å². The van der Waals surface area contributed by atoms with E-state index in [1.807, 2.05) is 37.3 Å². The standard InChI is InChI=1S/C29H38N4O3/c1-20(2)15-16-32(28(35)22-11-13-24(36-7)14-12-22)19-27(34)30-26-18-25(29(4,5)6)31-33(26)23-10-8-9-21(3)17-23/h8-14,17-18,20H,15-16,19H2,1-7H3,(H,30,34). The predicted molar refractivity (Wildman–Crippen MR) is 144 cm³/mol. The van der Waals surface area contributed by atoms with Crippen LogP contribution >= 0.6 is 0 Å². The van der Waals surface area contributed by atoms with Crippen LogP contribution in [-0.2, 0) is 10.2 Å². The van der Waals surface area contributed by atoms with Crippen LogP contribution in [0.2, 0.25) is 0 Å². The van der Waals surface area contributed by atoms with Gasteiger partial charge in [-0.25, -0.2) is 4.68 Å². The molecule has 0 aliphatic carbocycles. The molecule has 0 bridgehead atoms. The van der Waals surface area contributed by atoms with E-state index < -0.39 is 0 Å². The summed E-state index contributed by atoms with van der Waals surface area (Å²) in [7, 11) is 1.59. The van der Waals surface area contributed by atoms with Gasteiger partial charge in [0.25, 0.3) is 5.91 Å². The van der Waals surface area contributed by atoms with Gasteiger partial charge in [0.1, 0.15) is 18.1 Å². The first-order valence-electron chi connectivity index (χ1n) is 12.4. The maximum Gasteiger partial charge on any atom is 0.254 e. The number of nitrogens with zero attached hydrogens (tertiary/aromatic N) is 3. The summed E-state index contributed by atoms with van der Waals surface area (Å²) in [5.41, 5.74) is 3.16. The van der Waals surface area contributed by atoms with E-state index in [-0.39, 0.29) is 23.8 Å². The second-order valence-electron chi connectivity index (χ2n) is 10.6. The highest BCUT2D eigenvalue weighted by Gasteiger charge is 2.24. The third kappa shape index (κ3) is 6.97. The molecule has 0 saturated carbocycles. The molecule has 36 heavy (non-hydrogen) atoms. The molecule has 0 radical (unpaired) electrons. The zero-order valence-electron chi connectivity index (χ0n) is 22.5. The van der Waals surface area contributed by atoms with E-state index in [4.69, 9.17) is 9.84 Å². The van der Waals surface area contributed by atoms with Gasteiger partial charge in [0.15, 0.2) is 0 Å². The molecular weight excluding hydrogens is 452 g/mol. The monoisotopic (exact) mass is 490 g/mol. The molecule has 3 rings (SSSR count). The van der Waals surface area contributed by atoms with E-state index in [0.717, 1.165) is 23.4 Å².